The highest BCUT2D eigenvalue weighted by atomic mass is 35.5. The van der Waals surface area contributed by atoms with Crippen LogP contribution < -0.4 is 17.2 Å². The van der Waals surface area contributed by atoms with Crippen LogP contribution in [0.4, 0.5) is 0 Å². The van der Waals surface area contributed by atoms with Gasteiger partial charge in [-0.05, 0) is 54.4 Å². The van der Waals surface area contributed by atoms with Crippen LogP contribution in [-0.2, 0) is 17.6 Å². The van der Waals surface area contributed by atoms with Crippen LogP contribution in [0.2, 0.25) is 10.0 Å². The Hall–Kier alpha value is -2.74. The average molecular weight is 422 g/mol. The summed E-state index contributed by atoms with van der Waals surface area (Å²) >= 11 is 11.7. The largest absolute Gasteiger partial charge is 0.508 e. The van der Waals surface area contributed by atoms with Crippen LogP contribution in [0.5, 0.6) is 5.75 Å². The first-order chi connectivity index (χ1) is 13.3. The molecule has 1 amide bonds. The van der Waals surface area contributed by atoms with Crippen LogP contribution in [0.1, 0.15) is 11.1 Å². The fourth-order valence-electron chi connectivity index (χ4n) is 2.56. The summed E-state index contributed by atoms with van der Waals surface area (Å²) in [5.41, 5.74) is 18.3. The molecule has 1 heterocycles. The van der Waals surface area contributed by atoms with Gasteiger partial charge in [-0.3, -0.25) is 4.79 Å². The number of halogens is 2. The minimum absolute atomic E-state index is 0.0175. The van der Waals surface area contributed by atoms with Crippen LogP contribution in [0.15, 0.2) is 47.6 Å². The second-order valence-corrected chi connectivity index (χ2v) is 6.70. The van der Waals surface area contributed by atoms with E-state index < -0.39 is 5.91 Å². The predicted octanol–water partition coefficient (Wildman–Crippen LogP) is 2.71. The van der Waals surface area contributed by atoms with Crippen molar-refractivity contribution in [3.8, 4) is 5.75 Å². The molecule has 0 saturated carbocycles. The third-order valence-corrected chi connectivity index (χ3v) is 4.52. The molecule has 0 saturated heterocycles. The summed E-state index contributed by atoms with van der Waals surface area (Å²) in [5.74, 6) is -0.460. The predicted molar refractivity (Wildman–Crippen MR) is 114 cm³/mol. The highest BCUT2D eigenvalue weighted by Gasteiger charge is 2.10. The van der Waals surface area contributed by atoms with Crippen molar-refractivity contribution in [1.82, 2.24) is 4.98 Å². The quantitative estimate of drug-likeness (QED) is 0.324. The highest BCUT2D eigenvalue weighted by Crippen LogP contribution is 2.25. The lowest BCUT2D eigenvalue weighted by molar-refractivity contribution is -0.117. The molecule has 0 aliphatic heterocycles. The Morgan fingerprint density at radius 2 is 1.82 bits per heavy atom. The van der Waals surface area contributed by atoms with Gasteiger partial charge < -0.3 is 27.3 Å². The zero-order valence-electron chi connectivity index (χ0n) is 15.0. The number of nitrogens with zero attached hydrogens (tertiary/aromatic N) is 1. The van der Waals surface area contributed by atoms with E-state index in [1.165, 1.54) is 0 Å². The lowest BCUT2D eigenvalue weighted by Gasteiger charge is -2.03. The van der Waals surface area contributed by atoms with Gasteiger partial charge >= 0.3 is 0 Å². The van der Waals surface area contributed by atoms with Gasteiger partial charge in [0.1, 0.15) is 5.75 Å². The van der Waals surface area contributed by atoms with Gasteiger partial charge in [0, 0.05) is 27.1 Å². The number of rotatable bonds is 4. The summed E-state index contributed by atoms with van der Waals surface area (Å²) in [4.78, 5) is 17.8. The molecule has 3 aromatic rings. The molecule has 0 aliphatic carbocycles. The number of phenolic OH excluding ortho intramolecular Hbond substituents is 1. The van der Waals surface area contributed by atoms with E-state index in [2.05, 4.69) is 9.98 Å². The number of carbonyl (C=O) groups is 1. The van der Waals surface area contributed by atoms with Crippen molar-refractivity contribution in [2.24, 2.45) is 22.2 Å². The second-order valence-electron chi connectivity index (χ2n) is 5.89. The first-order valence-electron chi connectivity index (χ1n) is 8.36. The number of hydrogen-bond acceptors (Lipinski definition) is 3. The molecule has 3 rings (SSSR count). The maximum Gasteiger partial charge on any atom is 0.253 e. The van der Waals surface area contributed by atoms with Crippen molar-refractivity contribution in [3.63, 3.8) is 0 Å². The molecule has 28 heavy (non-hydrogen) atoms. The van der Waals surface area contributed by atoms with E-state index >= 15 is 0 Å². The number of nitrogens with one attached hydrogen (secondary N) is 1. The molecule has 148 valence electrons. The molecule has 0 radical (unpaired) electrons. The van der Waals surface area contributed by atoms with Crippen molar-refractivity contribution in [1.29, 1.82) is 0 Å². The number of aliphatic imine (C=N–C) groups is 1. The SMILES string of the molecule is NC(N)=NC(=O)Cc1c(Cl)cccc1Cl.NCCc1c[nH]c2ccc(O)cc12. The van der Waals surface area contributed by atoms with E-state index in [1.807, 2.05) is 12.3 Å². The third kappa shape index (κ3) is 5.88. The lowest BCUT2D eigenvalue weighted by atomic mass is 10.1. The lowest BCUT2D eigenvalue weighted by Crippen LogP contribution is -2.24. The molecule has 1 aromatic heterocycles. The van der Waals surface area contributed by atoms with Gasteiger partial charge in [0.25, 0.3) is 5.91 Å². The minimum Gasteiger partial charge on any atom is -0.508 e. The first kappa shape index (κ1) is 21.6. The summed E-state index contributed by atoms with van der Waals surface area (Å²) in [6.45, 7) is 0.628. The highest BCUT2D eigenvalue weighted by molar-refractivity contribution is 6.36. The number of aromatic nitrogens is 1. The van der Waals surface area contributed by atoms with Crippen LogP contribution in [0.3, 0.4) is 0 Å². The number of aromatic hydroxyl groups is 1. The molecule has 0 bridgehead atoms. The minimum atomic E-state index is -0.481. The third-order valence-electron chi connectivity index (χ3n) is 3.81. The zero-order valence-corrected chi connectivity index (χ0v) is 16.5. The molecule has 0 spiro atoms. The van der Waals surface area contributed by atoms with Crippen LogP contribution >= 0.6 is 23.2 Å². The van der Waals surface area contributed by atoms with Crippen molar-refractivity contribution in [3.05, 3.63) is 63.8 Å². The maximum atomic E-state index is 11.3. The van der Waals surface area contributed by atoms with Gasteiger partial charge in [0.15, 0.2) is 5.96 Å². The first-order valence-corrected chi connectivity index (χ1v) is 9.11. The summed E-state index contributed by atoms with van der Waals surface area (Å²) in [6, 6.07) is 10.3. The van der Waals surface area contributed by atoms with E-state index in [9.17, 15) is 9.90 Å². The van der Waals surface area contributed by atoms with E-state index in [0.29, 0.717) is 27.9 Å². The summed E-state index contributed by atoms with van der Waals surface area (Å²) in [7, 11) is 0. The summed E-state index contributed by atoms with van der Waals surface area (Å²) in [5, 5.41) is 11.2. The van der Waals surface area contributed by atoms with Crippen molar-refractivity contribution in [2.45, 2.75) is 12.8 Å². The molecule has 0 fully saturated rings. The fraction of sp³-hybridized carbons (Fsp3) is 0.158. The normalized spacial score (nSPS) is 10.2. The Balaban J connectivity index is 0.000000202. The molecule has 9 heteroatoms. The zero-order chi connectivity index (χ0) is 20.7. The Labute approximate surface area is 172 Å². The Morgan fingerprint density at radius 3 is 2.43 bits per heavy atom. The number of fused-ring (bicyclic) bond motifs is 1. The molecule has 0 aliphatic rings. The van der Waals surface area contributed by atoms with Gasteiger partial charge in [-0.15, -0.1) is 0 Å². The van der Waals surface area contributed by atoms with Crippen LogP contribution in [-0.4, -0.2) is 28.5 Å². The number of phenols is 1. The van der Waals surface area contributed by atoms with Gasteiger partial charge in [0.2, 0.25) is 0 Å². The van der Waals surface area contributed by atoms with E-state index in [-0.39, 0.29) is 12.4 Å². The molecule has 7 nitrogen and oxygen atoms in total. The fourth-order valence-corrected chi connectivity index (χ4v) is 3.10. The molecule has 0 atom stereocenters. The van der Waals surface area contributed by atoms with Crippen molar-refractivity contribution in [2.75, 3.05) is 6.54 Å². The van der Waals surface area contributed by atoms with Crippen LogP contribution in [0, 0.1) is 0 Å². The molecular weight excluding hydrogens is 401 g/mol. The number of carbonyl (C=O) groups excluding carboxylic acids is 1. The number of H-pyrrole nitrogens is 1. The molecule has 8 N–H and O–H groups in total. The number of guanidine groups is 1. The summed E-state index contributed by atoms with van der Waals surface area (Å²) < 4.78 is 0. The van der Waals surface area contributed by atoms with E-state index in [1.54, 1.807) is 30.3 Å². The van der Waals surface area contributed by atoms with Crippen molar-refractivity contribution < 1.29 is 9.90 Å². The summed E-state index contributed by atoms with van der Waals surface area (Å²) in [6.07, 6.45) is 2.76. The number of hydrogen-bond donors (Lipinski definition) is 5. The van der Waals surface area contributed by atoms with Gasteiger partial charge in [-0.25, -0.2) is 0 Å². The van der Waals surface area contributed by atoms with Crippen LogP contribution in [0.25, 0.3) is 10.9 Å². The molecule has 2 aromatic carbocycles. The Bertz CT molecular complexity index is 977. The van der Waals surface area contributed by atoms with E-state index in [0.717, 1.165) is 22.9 Å². The van der Waals surface area contributed by atoms with Crippen molar-refractivity contribution >= 4 is 46.0 Å². The number of nitrogens with two attached hydrogens (primary N) is 3. The Morgan fingerprint density at radius 1 is 1.14 bits per heavy atom. The second kappa shape index (κ2) is 9.98. The number of amides is 1. The van der Waals surface area contributed by atoms with Gasteiger partial charge in [-0.1, -0.05) is 29.3 Å². The number of aromatic amines is 1. The van der Waals surface area contributed by atoms with E-state index in [4.69, 9.17) is 40.4 Å². The standard InChI is InChI=1S/C10H12N2O.C9H9Cl2N3O/c11-4-3-7-6-12-10-2-1-8(13)5-9(7)10;10-6-2-1-3-7(11)5(6)4-8(15)14-9(12)13/h1-2,5-6,12-13H,3-4,11H2;1-3H,4H2,(H4,12,13,14,15). The smallest absolute Gasteiger partial charge is 0.253 e. The molecule has 0 unspecified atom stereocenters. The Kier molecular flexibility index (Phi) is 7.69. The van der Waals surface area contributed by atoms with Gasteiger partial charge in [-0.2, -0.15) is 4.99 Å². The topological polar surface area (TPSA) is 144 Å². The molecular formula is C19H21Cl2N5O2. The van der Waals surface area contributed by atoms with Gasteiger partial charge in [0.05, 0.1) is 6.42 Å². The average Bonchev–Trinajstić information content (AvgIpc) is 3.01. The maximum absolute atomic E-state index is 11.3. The number of benzene rings is 2. The monoisotopic (exact) mass is 421 g/mol.